The Labute approximate surface area is 164 Å². The van der Waals surface area contributed by atoms with Gasteiger partial charge in [-0.2, -0.15) is 5.26 Å². The first-order chi connectivity index (χ1) is 13.7. The van der Waals surface area contributed by atoms with Crippen LogP contribution in [0.5, 0.6) is 0 Å². The van der Waals surface area contributed by atoms with E-state index in [2.05, 4.69) is 6.07 Å². The van der Waals surface area contributed by atoms with Gasteiger partial charge in [0.1, 0.15) is 0 Å². The summed E-state index contributed by atoms with van der Waals surface area (Å²) in [6.07, 6.45) is 4.76. The molecule has 0 bridgehead atoms. The highest BCUT2D eigenvalue weighted by Crippen LogP contribution is 2.34. The second kappa shape index (κ2) is 7.66. The molecule has 0 spiro atoms. The van der Waals surface area contributed by atoms with Gasteiger partial charge in [0.05, 0.1) is 22.9 Å². The van der Waals surface area contributed by atoms with Gasteiger partial charge in [-0.1, -0.05) is 54.6 Å². The van der Waals surface area contributed by atoms with E-state index < -0.39 is 0 Å². The number of Topliss-reactive ketones (excluding diaryl/α,β-unsaturated/α-hetero) is 2. The van der Waals surface area contributed by atoms with E-state index in [1.165, 1.54) is 0 Å². The lowest BCUT2D eigenvalue weighted by Crippen LogP contribution is -2.37. The van der Waals surface area contributed by atoms with Gasteiger partial charge in [0, 0.05) is 24.2 Å². The van der Waals surface area contributed by atoms with E-state index in [0.29, 0.717) is 16.8 Å². The summed E-state index contributed by atoms with van der Waals surface area (Å²) < 4.78 is 0. The van der Waals surface area contributed by atoms with Gasteiger partial charge >= 0.3 is 0 Å². The molecule has 0 radical (unpaired) electrons. The third kappa shape index (κ3) is 3.16. The molecule has 0 aromatic heterocycles. The highest BCUT2D eigenvalue weighted by atomic mass is 16.1. The predicted molar refractivity (Wildman–Crippen MR) is 108 cm³/mol. The van der Waals surface area contributed by atoms with Crippen LogP contribution in [0.25, 0.3) is 6.08 Å². The van der Waals surface area contributed by atoms with Crippen LogP contribution in [0, 0.1) is 11.3 Å². The molecule has 1 aliphatic carbocycles. The third-order valence-corrected chi connectivity index (χ3v) is 5.27. The number of fused-ring (bicyclic) bond motifs is 1. The molecule has 0 amide bonds. The van der Waals surface area contributed by atoms with Crippen molar-refractivity contribution in [3.63, 3.8) is 0 Å². The van der Waals surface area contributed by atoms with E-state index in [1.54, 1.807) is 30.3 Å². The Kier molecular flexibility index (Phi) is 4.90. The van der Waals surface area contributed by atoms with Crippen LogP contribution in [0.1, 0.15) is 45.5 Å². The molecule has 0 N–H and O–H groups in total. The van der Waals surface area contributed by atoms with Gasteiger partial charge in [0.25, 0.3) is 0 Å². The summed E-state index contributed by atoms with van der Waals surface area (Å²) in [6, 6.07) is 18.5. The first-order valence-electron chi connectivity index (χ1n) is 9.55. The van der Waals surface area contributed by atoms with Crippen LogP contribution < -0.4 is 0 Å². The quantitative estimate of drug-likeness (QED) is 0.753. The maximum absolute atomic E-state index is 13.4. The lowest BCUT2D eigenvalue weighted by atomic mass is 9.82. The number of hydrogen-bond donors (Lipinski definition) is 0. The Morgan fingerprint density at radius 1 is 0.857 bits per heavy atom. The van der Waals surface area contributed by atoms with Crippen LogP contribution in [0.2, 0.25) is 0 Å². The average Bonchev–Trinajstić information content (AvgIpc) is 2.76. The number of carbonyl (C=O) groups excluding carboxylic acids is 2. The minimum absolute atomic E-state index is 0.165. The smallest absolute Gasteiger partial charge is 0.210 e. The monoisotopic (exact) mass is 368 g/mol. The van der Waals surface area contributed by atoms with Crippen molar-refractivity contribution in [2.24, 2.45) is 0 Å². The first-order valence-corrected chi connectivity index (χ1v) is 9.55. The normalized spacial score (nSPS) is 17.4. The highest BCUT2D eigenvalue weighted by molar-refractivity contribution is 6.28. The fraction of sp³-hybridized carbons (Fsp3) is 0.208. The number of nitriles is 1. The van der Waals surface area contributed by atoms with Gasteiger partial charge in [-0.3, -0.25) is 9.59 Å². The minimum Gasteiger partial charge on any atom is -0.368 e. The van der Waals surface area contributed by atoms with Crippen LogP contribution in [-0.4, -0.2) is 29.6 Å². The van der Waals surface area contributed by atoms with Crippen LogP contribution in [0.4, 0.5) is 0 Å². The first kappa shape index (κ1) is 17.9. The number of likely N-dealkylation sites (tertiary alicyclic amines) is 1. The zero-order chi connectivity index (χ0) is 19.5. The van der Waals surface area contributed by atoms with E-state index in [0.717, 1.165) is 37.9 Å². The molecule has 1 fully saturated rings. The molecular formula is C24H20N2O2. The number of carbonyl (C=O) groups is 2. The summed E-state index contributed by atoms with van der Waals surface area (Å²) in [7, 11) is 0. The molecule has 2 aromatic rings. The molecule has 0 unspecified atom stereocenters. The van der Waals surface area contributed by atoms with Crippen molar-refractivity contribution in [2.45, 2.75) is 19.3 Å². The van der Waals surface area contributed by atoms with E-state index in [9.17, 15) is 14.9 Å². The Balaban J connectivity index is 1.92. The van der Waals surface area contributed by atoms with Crippen LogP contribution in [-0.2, 0) is 0 Å². The Hall–Kier alpha value is -3.45. The summed E-state index contributed by atoms with van der Waals surface area (Å²) in [5.41, 5.74) is 2.47. The lowest BCUT2D eigenvalue weighted by Gasteiger charge is -2.34. The van der Waals surface area contributed by atoms with E-state index in [4.69, 9.17) is 0 Å². The largest absolute Gasteiger partial charge is 0.368 e. The highest BCUT2D eigenvalue weighted by Gasteiger charge is 2.36. The summed E-state index contributed by atoms with van der Waals surface area (Å²) in [5.74, 6) is -0.416. The zero-order valence-corrected chi connectivity index (χ0v) is 15.5. The van der Waals surface area contributed by atoms with Crippen molar-refractivity contribution in [2.75, 3.05) is 13.1 Å². The van der Waals surface area contributed by atoms with Gasteiger partial charge in [0.15, 0.2) is 5.78 Å². The van der Waals surface area contributed by atoms with Crippen molar-refractivity contribution >= 4 is 17.6 Å². The van der Waals surface area contributed by atoms with Gasteiger partial charge in [-0.05, 0) is 30.9 Å². The standard InChI is InChI=1S/C24H20N2O2/c25-16-18(15-17-9-3-1-4-10-17)21-22(26-13-7-2-8-14-26)24(28)20-12-6-5-11-19(20)23(21)27/h1,3-6,9-12,15H,2,7-8,13-14H2/b18-15+. The summed E-state index contributed by atoms with van der Waals surface area (Å²) in [6.45, 7) is 1.45. The van der Waals surface area contributed by atoms with Crippen LogP contribution >= 0.6 is 0 Å². The molecule has 138 valence electrons. The Bertz CT molecular complexity index is 1040. The molecule has 4 rings (SSSR count). The minimum atomic E-state index is -0.250. The number of allylic oxidation sites excluding steroid dienone is 3. The second-order valence-electron chi connectivity index (χ2n) is 7.06. The fourth-order valence-corrected chi connectivity index (χ4v) is 3.91. The van der Waals surface area contributed by atoms with Crippen molar-refractivity contribution in [3.05, 3.63) is 88.1 Å². The third-order valence-electron chi connectivity index (χ3n) is 5.27. The van der Waals surface area contributed by atoms with E-state index in [1.807, 2.05) is 35.2 Å². The number of hydrogen-bond acceptors (Lipinski definition) is 4. The van der Waals surface area contributed by atoms with E-state index >= 15 is 0 Å². The van der Waals surface area contributed by atoms with Crippen molar-refractivity contribution in [1.82, 2.24) is 4.90 Å². The van der Waals surface area contributed by atoms with Gasteiger partial charge in [-0.25, -0.2) is 0 Å². The van der Waals surface area contributed by atoms with Crippen LogP contribution in [0.3, 0.4) is 0 Å². The number of nitrogens with zero attached hydrogens (tertiary/aromatic N) is 2. The summed E-state index contributed by atoms with van der Waals surface area (Å²) in [4.78, 5) is 28.7. The summed E-state index contributed by atoms with van der Waals surface area (Å²) in [5, 5.41) is 9.87. The Morgan fingerprint density at radius 3 is 2.11 bits per heavy atom. The van der Waals surface area contributed by atoms with E-state index in [-0.39, 0.29) is 22.7 Å². The van der Waals surface area contributed by atoms with Gasteiger partial charge < -0.3 is 4.90 Å². The summed E-state index contributed by atoms with van der Waals surface area (Å²) >= 11 is 0. The molecular weight excluding hydrogens is 348 g/mol. The molecule has 28 heavy (non-hydrogen) atoms. The molecule has 2 aromatic carbocycles. The zero-order valence-electron chi connectivity index (χ0n) is 15.5. The molecule has 2 aliphatic rings. The van der Waals surface area contributed by atoms with Crippen LogP contribution in [0.15, 0.2) is 71.4 Å². The number of ketones is 2. The molecule has 1 aliphatic heterocycles. The SMILES string of the molecule is N#C/C(=C\c1ccccc1)C1=C(N2CCCCC2)C(=O)c2ccccc2C1=O. The fourth-order valence-electron chi connectivity index (χ4n) is 3.91. The number of rotatable bonds is 3. The molecule has 0 atom stereocenters. The molecule has 4 heteroatoms. The maximum Gasteiger partial charge on any atom is 0.210 e. The molecule has 1 heterocycles. The molecule has 0 saturated carbocycles. The molecule has 1 saturated heterocycles. The van der Waals surface area contributed by atoms with Crippen molar-refractivity contribution in [1.29, 1.82) is 5.26 Å². The van der Waals surface area contributed by atoms with Gasteiger partial charge in [0.2, 0.25) is 5.78 Å². The topological polar surface area (TPSA) is 61.2 Å². The average molecular weight is 368 g/mol. The lowest BCUT2D eigenvalue weighted by molar-refractivity contribution is 0.0936. The second-order valence-corrected chi connectivity index (χ2v) is 7.06. The molecule has 4 nitrogen and oxygen atoms in total. The number of benzene rings is 2. The van der Waals surface area contributed by atoms with Crippen molar-refractivity contribution < 1.29 is 9.59 Å². The van der Waals surface area contributed by atoms with Crippen molar-refractivity contribution in [3.8, 4) is 6.07 Å². The Morgan fingerprint density at radius 2 is 1.46 bits per heavy atom. The van der Waals surface area contributed by atoms with Gasteiger partial charge in [-0.15, -0.1) is 0 Å². The number of piperidine rings is 1. The predicted octanol–water partition coefficient (Wildman–Crippen LogP) is 4.41. The maximum atomic E-state index is 13.4.